The van der Waals surface area contributed by atoms with Crippen molar-refractivity contribution in [1.29, 1.82) is 0 Å². The van der Waals surface area contributed by atoms with E-state index in [0.717, 1.165) is 12.0 Å². The molecule has 0 saturated carbocycles. The number of aryl methyl sites for hydroxylation is 1. The lowest BCUT2D eigenvalue weighted by Gasteiger charge is -2.04. The Hall–Kier alpha value is -2.10. The summed E-state index contributed by atoms with van der Waals surface area (Å²) in [5, 5.41) is 0. The van der Waals surface area contributed by atoms with Gasteiger partial charge in [-0.2, -0.15) is 0 Å². The maximum absolute atomic E-state index is 11.4. The van der Waals surface area contributed by atoms with E-state index in [2.05, 4.69) is 16.4 Å². The second-order valence-electron chi connectivity index (χ2n) is 3.64. The standard InChI is InChI=1S/C14H16O4/c1-4-10-5-7-11(8-6-10)9-12(13(15)17-2)14(16)18-3/h5-9H,4H2,1-3H3. The van der Waals surface area contributed by atoms with Crippen molar-refractivity contribution in [2.45, 2.75) is 13.3 Å². The van der Waals surface area contributed by atoms with Crippen LogP contribution in [0.2, 0.25) is 0 Å². The molecule has 0 fully saturated rings. The maximum Gasteiger partial charge on any atom is 0.345 e. The van der Waals surface area contributed by atoms with Gasteiger partial charge in [-0.15, -0.1) is 0 Å². The van der Waals surface area contributed by atoms with Crippen molar-refractivity contribution < 1.29 is 19.1 Å². The second-order valence-corrected chi connectivity index (χ2v) is 3.64. The van der Waals surface area contributed by atoms with Crippen LogP contribution in [0.3, 0.4) is 0 Å². The van der Waals surface area contributed by atoms with Crippen molar-refractivity contribution in [2.24, 2.45) is 0 Å². The summed E-state index contributed by atoms with van der Waals surface area (Å²) in [6, 6.07) is 7.56. The molecule has 0 aliphatic carbocycles. The van der Waals surface area contributed by atoms with E-state index in [0.29, 0.717) is 0 Å². The van der Waals surface area contributed by atoms with Gasteiger partial charge < -0.3 is 9.47 Å². The quantitative estimate of drug-likeness (QED) is 0.354. The van der Waals surface area contributed by atoms with Crippen LogP contribution in [-0.4, -0.2) is 26.2 Å². The highest BCUT2D eigenvalue weighted by molar-refractivity contribution is 6.17. The highest BCUT2D eigenvalue weighted by Gasteiger charge is 2.19. The number of hydrogen-bond acceptors (Lipinski definition) is 4. The molecule has 0 amide bonds. The Bertz CT molecular complexity index is 439. The van der Waals surface area contributed by atoms with Gasteiger partial charge in [0.15, 0.2) is 0 Å². The van der Waals surface area contributed by atoms with Crippen LogP contribution in [0.5, 0.6) is 0 Å². The minimum atomic E-state index is -0.707. The van der Waals surface area contributed by atoms with Crippen LogP contribution in [0.1, 0.15) is 18.1 Å². The van der Waals surface area contributed by atoms with Crippen molar-refractivity contribution >= 4 is 18.0 Å². The topological polar surface area (TPSA) is 52.6 Å². The smallest absolute Gasteiger partial charge is 0.345 e. The Balaban J connectivity index is 3.06. The molecule has 4 heteroatoms. The Morgan fingerprint density at radius 2 is 1.56 bits per heavy atom. The summed E-state index contributed by atoms with van der Waals surface area (Å²) in [6.07, 6.45) is 2.39. The minimum Gasteiger partial charge on any atom is -0.465 e. The van der Waals surface area contributed by atoms with Crippen LogP contribution in [0, 0.1) is 0 Å². The maximum atomic E-state index is 11.4. The van der Waals surface area contributed by atoms with Crippen LogP contribution >= 0.6 is 0 Å². The molecule has 0 heterocycles. The monoisotopic (exact) mass is 248 g/mol. The molecule has 1 rings (SSSR count). The van der Waals surface area contributed by atoms with Gasteiger partial charge in [-0.1, -0.05) is 31.2 Å². The van der Waals surface area contributed by atoms with E-state index in [4.69, 9.17) is 0 Å². The Kier molecular flexibility index (Phi) is 5.11. The van der Waals surface area contributed by atoms with Gasteiger partial charge in [-0.3, -0.25) is 0 Å². The molecular formula is C14H16O4. The first-order valence-corrected chi connectivity index (χ1v) is 5.59. The second kappa shape index (κ2) is 6.59. The fourth-order valence-corrected chi connectivity index (χ4v) is 1.44. The summed E-state index contributed by atoms with van der Waals surface area (Å²) >= 11 is 0. The number of esters is 2. The first kappa shape index (κ1) is 14.0. The zero-order chi connectivity index (χ0) is 13.5. The van der Waals surface area contributed by atoms with Gasteiger partial charge in [0, 0.05) is 0 Å². The lowest BCUT2D eigenvalue weighted by molar-refractivity contribution is -0.143. The van der Waals surface area contributed by atoms with Crippen molar-refractivity contribution in [3.8, 4) is 0 Å². The largest absolute Gasteiger partial charge is 0.465 e. The molecule has 0 aromatic heterocycles. The molecule has 18 heavy (non-hydrogen) atoms. The fraction of sp³-hybridized carbons (Fsp3) is 0.286. The normalized spacial score (nSPS) is 9.50. The summed E-state index contributed by atoms with van der Waals surface area (Å²) in [5.41, 5.74) is 1.81. The Morgan fingerprint density at radius 1 is 1.06 bits per heavy atom. The lowest BCUT2D eigenvalue weighted by Crippen LogP contribution is -2.15. The summed E-state index contributed by atoms with van der Waals surface area (Å²) < 4.78 is 9.09. The van der Waals surface area contributed by atoms with Crippen LogP contribution in [0.4, 0.5) is 0 Å². The number of carbonyl (C=O) groups excluding carboxylic acids is 2. The van der Waals surface area contributed by atoms with Gasteiger partial charge in [0.25, 0.3) is 0 Å². The molecule has 96 valence electrons. The SMILES string of the molecule is CCc1ccc(C=C(C(=O)OC)C(=O)OC)cc1. The number of benzene rings is 1. The predicted molar refractivity (Wildman–Crippen MR) is 67.8 cm³/mol. The van der Waals surface area contributed by atoms with Gasteiger partial charge in [-0.05, 0) is 23.6 Å². The van der Waals surface area contributed by atoms with Gasteiger partial charge in [0.2, 0.25) is 0 Å². The van der Waals surface area contributed by atoms with Crippen molar-refractivity contribution in [3.05, 3.63) is 41.0 Å². The van der Waals surface area contributed by atoms with Crippen LogP contribution in [-0.2, 0) is 25.5 Å². The number of methoxy groups -OCH3 is 2. The first-order valence-electron chi connectivity index (χ1n) is 5.59. The van der Waals surface area contributed by atoms with Crippen molar-refractivity contribution in [1.82, 2.24) is 0 Å². The molecule has 0 aliphatic rings. The van der Waals surface area contributed by atoms with Gasteiger partial charge >= 0.3 is 11.9 Å². The molecule has 0 saturated heterocycles. The molecule has 0 spiro atoms. The van der Waals surface area contributed by atoms with Gasteiger partial charge in [-0.25, -0.2) is 9.59 Å². The third-order valence-corrected chi connectivity index (χ3v) is 2.51. The molecule has 0 unspecified atom stereocenters. The summed E-state index contributed by atoms with van der Waals surface area (Å²) in [4.78, 5) is 22.9. The molecule has 1 aromatic rings. The molecule has 0 bridgehead atoms. The number of ether oxygens (including phenoxy) is 2. The van der Waals surface area contributed by atoms with E-state index in [1.807, 2.05) is 24.3 Å². The van der Waals surface area contributed by atoms with Crippen LogP contribution in [0.25, 0.3) is 6.08 Å². The number of carbonyl (C=O) groups is 2. The molecule has 0 aliphatic heterocycles. The molecule has 4 nitrogen and oxygen atoms in total. The summed E-state index contributed by atoms with van der Waals surface area (Å²) in [5.74, 6) is -1.41. The van der Waals surface area contributed by atoms with E-state index in [-0.39, 0.29) is 5.57 Å². The van der Waals surface area contributed by atoms with E-state index in [1.165, 1.54) is 25.9 Å². The van der Waals surface area contributed by atoms with Gasteiger partial charge in [0.1, 0.15) is 5.57 Å². The van der Waals surface area contributed by atoms with Crippen LogP contribution in [0.15, 0.2) is 29.8 Å². The zero-order valence-corrected chi connectivity index (χ0v) is 10.7. The summed E-state index contributed by atoms with van der Waals surface area (Å²) in [6.45, 7) is 2.05. The Morgan fingerprint density at radius 3 is 1.94 bits per heavy atom. The van der Waals surface area contributed by atoms with E-state index in [1.54, 1.807) is 0 Å². The fourth-order valence-electron chi connectivity index (χ4n) is 1.44. The van der Waals surface area contributed by atoms with Crippen LogP contribution < -0.4 is 0 Å². The Labute approximate surface area is 106 Å². The van der Waals surface area contributed by atoms with E-state index >= 15 is 0 Å². The summed E-state index contributed by atoms with van der Waals surface area (Å²) in [7, 11) is 2.44. The highest BCUT2D eigenvalue weighted by atomic mass is 16.5. The van der Waals surface area contributed by atoms with E-state index in [9.17, 15) is 9.59 Å². The van der Waals surface area contributed by atoms with E-state index < -0.39 is 11.9 Å². The minimum absolute atomic E-state index is 0.121. The number of hydrogen-bond donors (Lipinski definition) is 0. The number of rotatable bonds is 4. The lowest BCUT2D eigenvalue weighted by atomic mass is 10.1. The molecule has 0 N–H and O–H groups in total. The molecule has 0 radical (unpaired) electrons. The molecular weight excluding hydrogens is 232 g/mol. The van der Waals surface area contributed by atoms with Crippen molar-refractivity contribution in [2.75, 3.05) is 14.2 Å². The van der Waals surface area contributed by atoms with Gasteiger partial charge in [0.05, 0.1) is 14.2 Å². The molecule has 1 aromatic carbocycles. The third-order valence-electron chi connectivity index (χ3n) is 2.51. The first-order chi connectivity index (χ1) is 8.62. The average Bonchev–Trinajstić information content (AvgIpc) is 2.43. The zero-order valence-electron chi connectivity index (χ0n) is 10.7. The average molecular weight is 248 g/mol. The molecule has 0 atom stereocenters. The highest BCUT2D eigenvalue weighted by Crippen LogP contribution is 2.11. The van der Waals surface area contributed by atoms with Crippen molar-refractivity contribution in [3.63, 3.8) is 0 Å². The third kappa shape index (κ3) is 3.45. The predicted octanol–water partition coefficient (Wildman–Crippen LogP) is 1.98.